The van der Waals surface area contributed by atoms with Gasteiger partial charge in [0, 0.05) is 17.0 Å². The molecule has 0 saturated heterocycles. The van der Waals surface area contributed by atoms with Gasteiger partial charge in [0.2, 0.25) is 0 Å². The van der Waals surface area contributed by atoms with E-state index in [1.807, 2.05) is 36.4 Å². The lowest BCUT2D eigenvalue weighted by atomic mass is 10.1. The van der Waals surface area contributed by atoms with Crippen LogP contribution in [-0.4, -0.2) is 17.0 Å². The summed E-state index contributed by atoms with van der Waals surface area (Å²) in [5.74, 6) is -0.799. The Bertz CT molecular complexity index is 681. The van der Waals surface area contributed by atoms with Crippen molar-refractivity contribution in [2.24, 2.45) is 0 Å². The third-order valence-corrected chi connectivity index (χ3v) is 2.48. The first-order valence-electron chi connectivity index (χ1n) is 6.16. The second-order valence-electron chi connectivity index (χ2n) is 4.19. The highest BCUT2D eigenvalue weighted by atomic mass is 16.5. The van der Waals surface area contributed by atoms with Crippen LogP contribution < -0.4 is 4.74 Å². The van der Waals surface area contributed by atoms with Gasteiger partial charge in [-0.3, -0.25) is 0 Å². The topological polar surface area (TPSA) is 63.6 Å². The van der Waals surface area contributed by atoms with Crippen LogP contribution in [0, 0.1) is 0 Å². The Kier molecular flexibility index (Phi) is 5.89. The summed E-state index contributed by atoms with van der Waals surface area (Å²) < 4.78 is 5.25. The molecule has 0 atom stereocenters. The summed E-state index contributed by atoms with van der Waals surface area (Å²) >= 11 is 0. The Morgan fingerprint density at radius 2 is 1.71 bits per heavy atom. The van der Waals surface area contributed by atoms with Gasteiger partial charge in [0.1, 0.15) is 5.75 Å². The molecule has 0 amide bonds. The van der Waals surface area contributed by atoms with Crippen molar-refractivity contribution in [3.05, 3.63) is 67.3 Å². The minimum Gasteiger partial charge on any atom is -0.478 e. The Hall–Kier alpha value is -2.88. The van der Waals surface area contributed by atoms with Gasteiger partial charge in [-0.15, -0.1) is 0 Å². The van der Waals surface area contributed by atoms with Gasteiger partial charge in [0.25, 0.3) is 0 Å². The van der Waals surface area contributed by atoms with E-state index in [0.29, 0.717) is 11.3 Å². The first-order valence-corrected chi connectivity index (χ1v) is 6.16. The lowest BCUT2D eigenvalue weighted by Gasteiger charge is -2.06. The zero-order valence-corrected chi connectivity index (χ0v) is 11.7. The molecule has 2 rings (SSSR count). The van der Waals surface area contributed by atoms with Crippen molar-refractivity contribution >= 4 is 22.7 Å². The molecule has 2 aromatic carbocycles. The fourth-order valence-electron chi connectivity index (χ4n) is 1.47. The van der Waals surface area contributed by atoms with Gasteiger partial charge in [0.15, 0.2) is 0 Å². The number of carbonyl (C=O) groups is 2. The van der Waals surface area contributed by atoms with Gasteiger partial charge in [-0.1, -0.05) is 49.6 Å². The van der Waals surface area contributed by atoms with Gasteiger partial charge in [0.05, 0.1) is 0 Å². The molecule has 4 nitrogen and oxygen atoms in total. The summed E-state index contributed by atoms with van der Waals surface area (Å²) in [4.78, 5) is 20.7. The second-order valence-corrected chi connectivity index (χ2v) is 4.19. The fraction of sp³-hybridized carbons (Fsp3) is 0.0588. The molecule has 0 radical (unpaired) electrons. The predicted octanol–water partition coefficient (Wildman–Crippen LogP) is 3.58. The molecule has 0 heterocycles. The molecule has 0 bridgehead atoms. The number of rotatable bonds is 3. The number of carboxylic acid groups (broad SMARTS) is 1. The number of ether oxygens (including phenoxy) is 1. The molecule has 0 fully saturated rings. The van der Waals surface area contributed by atoms with E-state index < -0.39 is 11.9 Å². The molecule has 0 saturated carbocycles. The number of benzene rings is 2. The van der Waals surface area contributed by atoms with Gasteiger partial charge in [-0.05, 0) is 18.4 Å². The van der Waals surface area contributed by atoms with Crippen molar-refractivity contribution in [1.29, 1.82) is 0 Å². The summed E-state index contributed by atoms with van der Waals surface area (Å²) in [6.45, 7) is 8.15. The maximum Gasteiger partial charge on any atom is 0.338 e. The number of fused-ring (bicyclic) bond motifs is 1. The molecule has 0 spiro atoms. The van der Waals surface area contributed by atoms with E-state index in [2.05, 4.69) is 13.2 Å². The predicted molar refractivity (Wildman–Crippen MR) is 82.2 cm³/mol. The highest BCUT2D eigenvalue weighted by Crippen LogP contribution is 2.25. The molecule has 2 aromatic rings. The molecule has 4 heteroatoms. The molecule has 21 heavy (non-hydrogen) atoms. The number of aliphatic carboxylic acids is 1. The SMILES string of the molecule is C=C(C)C(=O)Oc1cccc2ccccc12.C=CC(=O)O. The summed E-state index contributed by atoms with van der Waals surface area (Å²) in [5, 5.41) is 9.58. The van der Waals surface area contributed by atoms with Crippen molar-refractivity contribution in [3.8, 4) is 5.75 Å². The maximum absolute atomic E-state index is 11.4. The first-order chi connectivity index (χ1) is 9.95. The Morgan fingerprint density at radius 3 is 2.29 bits per heavy atom. The summed E-state index contributed by atoms with van der Waals surface area (Å²) in [6.07, 6.45) is 0.833. The van der Waals surface area contributed by atoms with Crippen molar-refractivity contribution in [3.63, 3.8) is 0 Å². The van der Waals surface area contributed by atoms with Crippen molar-refractivity contribution in [1.82, 2.24) is 0 Å². The van der Waals surface area contributed by atoms with Crippen LogP contribution >= 0.6 is 0 Å². The van der Waals surface area contributed by atoms with Gasteiger partial charge in [-0.25, -0.2) is 9.59 Å². The molecule has 0 aliphatic carbocycles. The van der Waals surface area contributed by atoms with E-state index in [1.54, 1.807) is 13.0 Å². The minimum atomic E-state index is -0.981. The molecule has 108 valence electrons. The summed E-state index contributed by atoms with van der Waals surface area (Å²) in [6, 6.07) is 13.4. The average Bonchev–Trinajstić information content (AvgIpc) is 2.48. The molecular weight excluding hydrogens is 268 g/mol. The molecule has 0 aromatic heterocycles. The van der Waals surface area contributed by atoms with E-state index in [1.165, 1.54) is 0 Å². The Labute approximate surface area is 123 Å². The number of carbonyl (C=O) groups excluding carboxylic acids is 1. The zero-order chi connectivity index (χ0) is 15.8. The lowest BCUT2D eigenvalue weighted by Crippen LogP contribution is -2.08. The molecular formula is C17H16O4. The molecule has 0 aliphatic rings. The minimum absolute atomic E-state index is 0.392. The van der Waals surface area contributed by atoms with E-state index in [4.69, 9.17) is 9.84 Å². The Balaban J connectivity index is 0.000000383. The van der Waals surface area contributed by atoms with E-state index >= 15 is 0 Å². The van der Waals surface area contributed by atoms with Crippen LogP contribution in [0.25, 0.3) is 10.8 Å². The van der Waals surface area contributed by atoms with Crippen LogP contribution in [0.5, 0.6) is 5.75 Å². The summed E-state index contributed by atoms with van der Waals surface area (Å²) in [5.41, 5.74) is 0.396. The zero-order valence-electron chi connectivity index (χ0n) is 11.7. The van der Waals surface area contributed by atoms with E-state index in [-0.39, 0.29) is 0 Å². The quantitative estimate of drug-likeness (QED) is 0.531. The first kappa shape index (κ1) is 16.2. The van der Waals surface area contributed by atoms with Crippen molar-refractivity contribution in [2.45, 2.75) is 6.92 Å². The maximum atomic E-state index is 11.4. The van der Waals surface area contributed by atoms with Crippen LogP contribution in [-0.2, 0) is 9.59 Å². The number of esters is 1. The van der Waals surface area contributed by atoms with Crippen LogP contribution in [0.2, 0.25) is 0 Å². The standard InChI is InChI=1S/C14H12O2.C3H4O2/c1-10(2)14(15)16-13-9-5-7-11-6-3-4-8-12(11)13;1-2-3(4)5/h3-9H,1H2,2H3;2H,1H2,(H,4,5). The van der Waals surface area contributed by atoms with Gasteiger partial charge < -0.3 is 9.84 Å². The smallest absolute Gasteiger partial charge is 0.338 e. The van der Waals surface area contributed by atoms with Crippen molar-refractivity contribution < 1.29 is 19.4 Å². The average molecular weight is 284 g/mol. The third-order valence-electron chi connectivity index (χ3n) is 2.48. The van der Waals surface area contributed by atoms with Crippen LogP contribution in [0.15, 0.2) is 67.3 Å². The van der Waals surface area contributed by atoms with Crippen LogP contribution in [0.4, 0.5) is 0 Å². The second kappa shape index (κ2) is 7.65. The van der Waals surface area contributed by atoms with E-state index in [9.17, 15) is 9.59 Å². The summed E-state index contributed by atoms with van der Waals surface area (Å²) in [7, 11) is 0. The molecule has 1 N–H and O–H groups in total. The Morgan fingerprint density at radius 1 is 1.14 bits per heavy atom. The lowest BCUT2D eigenvalue weighted by molar-refractivity contribution is -0.131. The van der Waals surface area contributed by atoms with E-state index in [0.717, 1.165) is 16.8 Å². The van der Waals surface area contributed by atoms with Crippen LogP contribution in [0.3, 0.4) is 0 Å². The monoisotopic (exact) mass is 284 g/mol. The number of hydrogen-bond acceptors (Lipinski definition) is 3. The molecule has 0 aliphatic heterocycles. The third kappa shape index (κ3) is 4.95. The number of carboxylic acids is 1. The highest BCUT2D eigenvalue weighted by molar-refractivity contribution is 5.94. The van der Waals surface area contributed by atoms with Gasteiger partial charge in [-0.2, -0.15) is 0 Å². The largest absolute Gasteiger partial charge is 0.478 e. The van der Waals surface area contributed by atoms with Crippen LogP contribution in [0.1, 0.15) is 6.92 Å². The number of hydrogen-bond donors (Lipinski definition) is 1. The van der Waals surface area contributed by atoms with Gasteiger partial charge >= 0.3 is 11.9 Å². The molecule has 0 unspecified atom stereocenters. The van der Waals surface area contributed by atoms with Crippen molar-refractivity contribution in [2.75, 3.05) is 0 Å². The fourth-order valence-corrected chi connectivity index (χ4v) is 1.47. The highest BCUT2D eigenvalue weighted by Gasteiger charge is 2.07. The normalized spacial score (nSPS) is 9.19.